The van der Waals surface area contributed by atoms with Gasteiger partial charge in [0, 0.05) is 30.8 Å². The van der Waals surface area contributed by atoms with Crippen molar-refractivity contribution in [3.05, 3.63) is 30.1 Å². The van der Waals surface area contributed by atoms with E-state index in [0.29, 0.717) is 11.3 Å². The molecule has 0 aliphatic heterocycles. The number of alkyl halides is 1. The second-order valence-electron chi connectivity index (χ2n) is 5.90. The minimum Gasteiger partial charge on any atom is -0.299 e. The lowest BCUT2D eigenvalue weighted by Crippen LogP contribution is -2.36. The van der Waals surface area contributed by atoms with Crippen molar-refractivity contribution >= 4 is 15.9 Å². The van der Waals surface area contributed by atoms with Crippen LogP contribution in [0, 0.1) is 11.3 Å². The third-order valence-corrected chi connectivity index (χ3v) is 4.27. The van der Waals surface area contributed by atoms with Gasteiger partial charge in [0.25, 0.3) is 0 Å². The molecule has 0 aliphatic carbocycles. The van der Waals surface area contributed by atoms with Gasteiger partial charge in [-0.25, -0.2) is 0 Å². The Kier molecular flexibility index (Phi) is 6.30. The Balaban J connectivity index is 2.62. The van der Waals surface area contributed by atoms with Gasteiger partial charge in [0.2, 0.25) is 0 Å². The molecule has 0 fully saturated rings. The van der Waals surface area contributed by atoms with Crippen LogP contribution < -0.4 is 0 Å². The molecule has 0 aromatic carbocycles. The Bertz CT molecular complexity index is 332. The molecule has 1 unspecified atom stereocenters. The van der Waals surface area contributed by atoms with E-state index in [2.05, 4.69) is 65.6 Å². The van der Waals surface area contributed by atoms with Gasteiger partial charge in [-0.05, 0) is 35.6 Å². The molecule has 1 rings (SSSR count). The quantitative estimate of drug-likeness (QED) is 0.739. The molecule has 0 spiro atoms. The maximum absolute atomic E-state index is 4.07. The second-order valence-corrected chi connectivity index (χ2v) is 6.55. The van der Waals surface area contributed by atoms with Crippen LogP contribution in [0.25, 0.3) is 0 Å². The molecular formula is C15H25BrN2. The lowest BCUT2D eigenvalue weighted by atomic mass is 9.81. The van der Waals surface area contributed by atoms with Gasteiger partial charge in [-0.3, -0.25) is 9.88 Å². The number of aromatic nitrogens is 1. The topological polar surface area (TPSA) is 16.1 Å². The number of hydrogen-bond acceptors (Lipinski definition) is 2. The molecule has 102 valence electrons. The zero-order valence-corrected chi connectivity index (χ0v) is 13.6. The van der Waals surface area contributed by atoms with Crippen LogP contribution in [0.4, 0.5) is 0 Å². The summed E-state index contributed by atoms with van der Waals surface area (Å²) in [4.78, 5) is 6.58. The standard InChI is InChI=1S/C15H25BrN2/c1-5-18(11-13-6-8-17-9-7-13)12-14(10-16)15(2,3)4/h6-9,14H,5,10-12H2,1-4H3. The molecule has 0 saturated carbocycles. The summed E-state index contributed by atoms with van der Waals surface area (Å²) < 4.78 is 0. The third-order valence-electron chi connectivity index (χ3n) is 3.49. The molecule has 1 aromatic rings. The first kappa shape index (κ1) is 15.6. The fourth-order valence-corrected chi connectivity index (χ4v) is 3.09. The van der Waals surface area contributed by atoms with Crippen molar-refractivity contribution in [3.8, 4) is 0 Å². The molecule has 0 amide bonds. The first-order chi connectivity index (χ1) is 8.47. The predicted octanol–water partition coefficient (Wildman–Crippen LogP) is 3.96. The van der Waals surface area contributed by atoms with Crippen LogP contribution in [0.3, 0.4) is 0 Å². The maximum Gasteiger partial charge on any atom is 0.0271 e. The van der Waals surface area contributed by atoms with Crippen LogP contribution in [-0.4, -0.2) is 28.3 Å². The molecule has 0 bridgehead atoms. The Morgan fingerprint density at radius 2 is 1.89 bits per heavy atom. The van der Waals surface area contributed by atoms with Crippen LogP contribution >= 0.6 is 15.9 Å². The highest BCUT2D eigenvalue weighted by atomic mass is 79.9. The predicted molar refractivity (Wildman–Crippen MR) is 81.9 cm³/mol. The van der Waals surface area contributed by atoms with Gasteiger partial charge >= 0.3 is 0 Å². The Morgan fingerprint density at radius 3 is 2.33 bits per heavy atom. The summed E-state index contributed by atoms with van der Waals surface area (Å²) in [5.74, 6) is 0.666. The summed E-state index contributed by atoms with van der Waals surface area (Å²) >= 11 is 3.66. The van der Waals surface area contributed by atoms with Crippen molar-refractivity contribution in [2.24, 2.45) is 11.3 Å². The SMILES string of the molecule is CCN(Cc1ccncc1)CC(CBr)C(C)(C)C. The van der Waals surface area contributed by atoms with Crippen molar-refractivity contribution < 1.29 is 0 Å². The fourth-order valence-electron chi connectivity index (χ4n) is 1.92. The average Bonchev–Trinajstić information content (AvgIpc) is 2.34. The number of pyridine rings is 1. The average molecular weight is 313 g/mol. The van der Waals surface area contributed by atoms with Crippen molar-refractivity contribution in [2.75, 3.05) is 18.4 Å². The smallest absolute Gasteiger partial charge is 0.0271 e. The highest BCUT2D eigenvalue weighted by molar-refractivity contribution is 9.09. The summed E-state index contributed by atoms with van der Waals surface area (Å²) in [6.45, 7) is 12.4. The molecular weight excluding hydrogens is 288 g/mol. The molecule has 3 heteroatoms. The highest BCUT2D eigenvalue weighted by Gasteiger charge is 2.25. The lowest BCUT2D eigenvalue weighted by Gasteiger charge is -2.34. The van der Waals surface area contributed by atoms with E-state index in [1.165, 1.54) is 5.56 Å². The summed E-state index contributed by atoms with van der Waals surface area (Å²) in [7, 11) is 0. The summed E-state index contributed by atoms with van der Waals surface area (Å²) in [6, 6.07) is 4.20. The van der Waals surface area contributed by atoms with Gasteiger partial charge < -0.3 is 0 Å². The van der Waals surface area contributed by atoms with E-state index < -0.39 is 0 Å². The van der Waals surface area contributed by atoms with Crippen LogP contribution in [0.5, 0.6) is 0 Å². The minimum atomic E-state index is 0.342. The zero-order valence-electron chi connectivity index (χ0n) is 12.0. The molecule has 1 heterocycles. The van der Waals surface area contributed by atoms with Gasteiger partial charge in [0.1, 0.15) is 0 Å². The van der Waals surface area contributed by atoms with E-state index in [4.69, 9.17) is 0 Å². The molecule has 1 aromatic heterocycles. The Morgan fingerprint density at radius 1 is 1.28 bits per heavy atom. The van der Waals surface area contributed by atoms with Crippen molar-refractivity contribution in [1.29, 1.82) is 0 Å². The van der Waals surface area contributed by atoms with E-state index in [0.717, 1.165) is 25.0 Å². The summed E-state index contributed by atoms with van der Waals surface area (Å²) in [5, 5.41) is 1.06. The first-order valence-electron chi connectivity index (χ1n) is 6.64. The van der Waals surface area contributed by atoms with Crippen LogP contribution in [0.2, 0.25) is 0 Å². The number of nitrogens with zero attached hydrogens (tertiary/aromatic N) is 2. The normalized spacial score (nSPS) is 13.9. The van der Waals surface area contributed by atoms with Gasteiger partial charge in [0.15, 0.2) is 0 Å². The number of rotatable bonds is 6. The largest absolute Gasteiger partial charge is 0.299 e. The van der Waals surface area contributed by atoms with E-state index in [-0.39, 0.29) is 0 Å². The second kappa shape index (κ2) is 7.25. The van der Waals surface area contributed by atoms with Crippen LogP contribution in [0.15, 0.2) is 24.5 Å². The monoisotopic (exact) mass is 312 g/mol. The Hall–Kier alpha value is -0.410. The van der Waals surface area contributed by atoms with Gasteiger partial charge in [-0.15, -0.1) is 0 Å². The maximum atomic E-state index is 4.07. The molecule has 1 atom stereocenters. The van der Waals surface area contributed by atoms with Gasteiger partial charge in [0.05, 0.1) is 0 Å². The van der Waals surface area contributed by atoms with E-state index in [1.807, 2.05) is 12.4 Å². The highest BCUT2D eigenvalue weighted by Crippen LogP contribution is 2.28. The lowest BCUT2D eigenvalue weighted by molar-refractivity contribution is 0.165. The number of hydrogen-bond donors (Lipinski definition) is 0. The molecule has 0 aliphatic rings. The molecule has 0 saturated heterocycles. The van der Waals surface area contributed by atoms with Crippen molar-refractivity contribution in [2.45, 2.75) is 34.2 Å². The number of halogens is 1. The van der Waals surface area contributed by atoms with Gasteiger partial charge in [-0.2, -0.15) is 0 Å². The van der Waals surface area contributed by atoms with E-state index >= 15 is 0 Å². The zero-order chi connectivity index (χ0) is 13.6. The van der Waals surface area contributed by atoms with Gasteiger partial charge in [-0.1, -0.05) is 43.6 Å². The third kappa shape index (κ3) is 5.07. The first-order valence-corrected chi connectivity index (χ1v) is 7.76. The van der Waals surface area contributed by atoms with Crippen molar-refractivity contribution in [3.63, 3.8) is 0 Å². The van der Waals surface area contributed by atoms with E-state index in [9.17, 15) is 0 Å². The molecule has 0 N–H and O–H groups in total. The summed E-state index contributed by atoms with van der Waals surface area (Å²) in [5.41, 5.74) is 1.68. The van der Waals surface area contributed by atoms with Crippen LogP contribution in [-0.2, 0) is 6.54 Å². The Labute approximate surface area is 120 Å². The van der Waals surface area contributed by atoms with Crippen molar-refractivity contribution in [1.82, 2.24) is 9.88 Å². The molecule has 2 nitrogen and oxygen atoms in total. The fraction of sp³-hybridized carbons (Fsp3) is 0.667. The van der Waals surface area contributed by atoms with E-state index in [1.54, 1.807) is 0 Å². The molecule has 18 heavy (non-hydrogen) atoms. The summed E-state index contributed by atoms with van der Waals surface area (Å²) in [6.07, 6.45) is 3.74. The minimum absolute atomic E-state index is 0.342. The molecule has 0 radical (unpaired) electrons. The van der Waals surface area contributed by atoms with Crippen LogP contribution in [0.1, 0.15) is 33.3 Å².